The molecule has 2 amide bonds. The van der Waals surface area contributed by atoms with Crippen LogP contribution in [0.25, 0.3) is 0 Å². The quantitative estimate of drug-likeness (QED) is 0.838. The molecule has 0 aliphatic carbocycles. The van der Waals surface area contributed by atoms with Gasteiger partial charge in [-0.2, -0.15) is 0 Å². The first-order valence-corrected chi connectivity index (χ1v) is 6.79. The molecular formula is C15H18N2O4. The van der Waals surface area contributed by atoms with E-state index < -0.39 is 0 Å². The zero-order valence-corrected chi connectivity index (χ0v) is 12.1. The second-order valence-electron chi connectivity index (χ2n) is 4.96. The maximum Gasteiger partial charge on any atom is 0.231 e. The lowest BCUT2D eigenvalue weighted by Crippen LogP contribution is -2.24. The van der Waals surface area contributed by atoms with Crippen molar-refractivity contribution in [2.45, 2.75) is 26.2 Å². The highest BCUT2D eigenvalue weighted by atomic mass is 16.5. The number of hydrogen-bond donors (Lipinski definition) is 1. The Kier molecular flexibility index (Phi) is 4.57. The summed E-state index contributed by atoms with van der Waals surface area (Å²) in [6.07, 6.45) is 1.22. The molecule has 0 spiro atoms. The Bertz CT molecular complexity index is 583. The van der Waals surface area contributed by atoms with E-state index in [-0.39, 0.29) is 24.0 Å². The van der Waals surface area contributed by atoms with Gasteiger partial charge in [0.1, 0.15) is 11.5 Å². The van der Waals surface area contributed by atoms with Gasteiger partial charge in [-0.05, 0) is 25.5 Å². The van der Waals surface area contributed by atoms with Gasteiger partial charge in [0.25, 0.3) is 0 Å². The molecule has 112 valence electrons. The molecule has 1 aliphatic heterocycles. The van der Waals surface area contributed by atoms with Crippen molar-refractivity contribution in [3.63, 3.8) is 0 Å². The zero-order chi connectivity index (χ0) is 15.4. The summed E-state index contributed by atoms with van der Waals surface area (Å²) in [6, 6.07) is 5.09. The Hall–Kier alpha value is -2.37. The average Bonchev–Trinajstić information content (AvgIpc) is 2.83. The van der Waals surface area contributed by atoms with Crippen LogP contribution in [-0.4, -0.2) is 31.3 Å². The van der Waals surface area contributed by atoms with Crippen LogP contribution in [0.1, 0.15) is 26.2 Å². The Morgan fingerprint density at radius 3 is 2.71 bits per heavy atom. The van der Waals surface area contributed by atoms with Gasteiger partial charge < -0.3 is 15.0 Å². The molecule has 6 heteroatoms. The van der Waals surface area contributed by atoms with Gasteiger partial charge in [-0.1, -0.05) is 0 Å². The summed E-state index contributed by atoms with van der Waals surface area (Å²) in [5.74, 6) is 0.0286. The summed E-state index contributed by atoms with van der Waals surface area (Å²) in [7, 11) is 1.51. The number of methoxy groups -OCH3 is 1. The van der Waals surface area contributed by atoms with Crippen LogP contribution in [0.3, 0.4) is 0 Å². The second-order valence-corrected chi connectivity index (χ2v) is 4.96. The normalized spacial score (nSPS) is 14.2. The van der Waals surface area contributed by atoms with Crippen molar-refractivity contribution in [3.05, 3.63) is 18.2 Å². The standard InChI is InChI=1S/C15H18N2O4/c1-10(18)8-14(19)16-11-5-6-12(13(9-11)21-2)17-7-3-4-15(17)20/h5-6,9H,3-4,7-8H2,1-2H3,(H,16,19). The van der Waals surface area contributed by atoms with Crippen molar-refractivity contribution in [3.8, 4) is 5.75 Å². The number of nitrogens with one attached hydrogen (secondary N) is 1. The lowest BCUT2D eigenvalue weighted by Gasteiger charge is -2.19. The van der Waals surface area contributed by atoms with Crippen LogP contribution in [0.5, 0.6) is 5.75 Å². The van der Waals surface area contributed by atoms with Crippen molar-refractivity contribution in [1.82, 2.24) is 0 Å². The van der Waals surface area contributed by atoms with E-state index in [1.54, 1.807) is 23.1 Å². The van der Waals surface area contributed by atoms with Crippen LogP contribution in [0.4, 0.5) is 11.4 Å². The number of anilines is 2. The van der Waals surface area contributed by atoms with Crippen LogP contribution in [0, 0.1) is 0 Å². The number of Topliss-reactive ketones (excluding diaryl/α,β-unsaturated/α-hetero) is 1. The lowest BCUT2D eigenvalue weighted by atomic mass is 10.2. The Morgan fingerprint density at radius 1 is 1.38 bits per heavy atom. The SMILES string of the molecule is COc1cc(NC(=O)CC(C)=O)ccc1N1CCCC1=O. The molecule has 1 aromatic carbocycles. The van der Waals surface area contributed by atoms with Crippen LogP contribution in [0.15, 0.2) is 18.2 Å². The van der Waals surface area contributed by atoms with Gasteiger partial charge in [0.2, 0.25) is 11.8 Å². The van der Waals surface area contributed by atoms with Crippen molar-refractivity contribution < 1.29 is 19.1 Å². The first-order chi connectivity index (χ1) is 10.0. The lowest BCUT2D eigenvalue weighted by molar-refractivity contribution is -0.124. The third-order valence-electron chi connectivity index (χ3n) is 3.24. The largest absolute Gasteiger partial charge is 0.494 e. The number of nitrogens with zero attached hydrogens (tertiary/aromatic N) is 1. The number of ketones is 1. The summed E-state index contributed by atoms with van der Waals surface area (Å²) < 4.78 is 5.30. The van der Waals surface area contributed by atoms with Crippen molar-refractivity contribution in [2.24, 2.45) is 0 Å². The molecule has 0 saturated carbocycles. The Balaban J connectivity index is 2.18. The minimum Gasteiger partial charge on any atom is -0.494 e. The fraction of sp³-hybridized carbons (Fsp3) is 0.400. The summed E-state index contributed by atoms with van der Waals surface area (Å²) >= 11 is 0. The highest BCUT2D eigenvalue weighted by Crippen LogP contribution is 2.33. The van der Waals surface area contributed by atoms with Gasteiger partial charge in [0.05, 0.1) is 19.2 Å². The smallest absolute Gasteiger partial charge is 0.231 e. The van der Waals surface area contributed by atoms with Crippen LogP contribution >= 0.6 is 0 Å². The Morgan fingerprint density at radius 2 is 2.14 bits per heavy atom. The van der Waals surface area contributed by atoms with Crippen molar-refractivity contribution in [2.75, 3.05) is 23.9 Å². The van der Waals surface area contributed by atoms with E-state index in [0.717, 1.165) is 6.42 Å². The molecule has 1 saturated heterocycles. The molecule has 0 radical (unpaired) electrons. The molecule has 1 aliphatic rings. The zero-order valence-electron chi connectivity index (χ0n) is 12.1. The molecule has 1 N–H and O–H groups in total. The minimum absolute atomic E-state index is 0.0710. The van der Waals surface area contributed by atoms with E-state index in [1.165, 1.54) is 14.0 Å². The maximum atomic E-state index is 11.8. The predicted molar refractivity (Wildman–Crippen MR) is 78.5 cm³/mol. The molecule has 1 fully saturated rings. The van der Waals surface area contributed by atoms with Crippen LogP contribution in [-0.2, 0) is 14.4 Å². The number of carbonyl (C=O) groups excluding carboxylic acids is 3. The van der Waals surface area contributed by atoms with E-state index in [2.05, 4.69) is 5.32 Å². The number of hydrogen-bond acceptors (Lipinski definition) is 4. The van der Waals surface area contributed by atoms with Crippen molar-refractivity contribution in [1.29, 1.82) is 0 Å². The van der Waals surface area contributed by atoms with Crippen LogP contribution in [0.2, 0.25) is 0 Å². The topological polar surface area (TPSA) is 75.7 Å². The summed E-state index contributed by atoms with van der Waals surface area (Å²) in [6.45, 7) is 2.04. The predicted octanol–water partition coefficient (Wildman–Crippen LogP) is 1.74. The first-order valence-electron chi connectivity index (χ1n) is 6.79. The molecule has 0 aromatic heterocycles. The first kappa shape index (κ1) is 15.0. The van der Waals surface area contributed by atoms with E-state index in [1.807, 2.05) is 0 Å². The summed E-state index contributed by atoms with van der Waals surface area (Å²) in [4.78, 5) is 36.0. The maximum absolute atomic E-state index is 11.8. The van der Waals surface area contributed by atoms with E-state index in [9.17, 15) is 14.4 Å². The number of benzene rings is 1. The minimum atomic E-state index is -0.366. The third-order valence-corrected chi connectivity index (χ3v) is 3.24. The molecule has 6 nitrogen and oxygen atoms in total. The fourth-order valence-corrected chi connectivity index (χ4v) is 2.31. The molecule has 21 heavy (non-hydrogen) atoms. The molecular weight excluding hydrogens is 272 g/mol. The average molecular weight is 290 g/mol. The Labute approximate surface area is 123 Å². The number of amides is 2. The summed E-state index contributed by atoms with van der Waals surface area (Å²) in [5.41, 5.74) is 1.23. The summed E-state index contributed by atoms with van der Waals surface area (Å²) in [5, 5.41) is 2.63. The third kappa shape index (κ3) is 3.59. The number of ether oxygens (including phenoxy) is 1. The molecule has 0 bridgehead atoms. The molecule has 0 unspecified atom stereocenters. The van der Waals surface area contributed by atoms with Gasteiger partial charge in [0.15, 0.2) is 0 Å². The monoisotopic (exact) mass is 290 g/mol. The molecule has 2 rings (SSSR count). The van der Waals surface area contributed by atoms with Gasteiger partial charge in [-0.25, -0.2) is 0 Å². The highest BCUT2D eigenvalue weighted by Gasteiger charge is 2.24. The molecule has 0 atom stereocenters. The fourth-order valence-electron chi connectivity index (χ4n) is 2.31. The molecule has 1 aromatic rings. The van der Waals surface area contributed by atoms with Gasteiger partial charge in [-0.3, -0.25) is 14.4 Å². The van der Waals surface area contributed by atoms with E-state index in [0.29, 0.717) is 30.1 Å². The van der Waals surface area contributed by atoms with Gasteiger partial charge in [-0.15, -0.1) is 0 Å². The van der Waals surface area contributed by atoms with E-state index >= 15 is 0 Å². The van der Waals surface area contributed by atoms with Crippen molar-refractivity contribution >= 4 is 29.0 Å². The number of rotatable bonds is 5. The molecule has 1 heterocycles. The van der Waals surface area contributed by atoms with E-state index in [4.69, 9.17) is 4.74 Å². The second kappa shape index (κ2) is 6.39. The highest BCUT2D eigenvalue weighted by molar-refractivity contribution is 6.04. The van der Waals surface area contributed by atoms with Crippen LogP contribution < -0.4 is 15.0 Å². The van der Waals surface area contributed by atoms with Gasteiger partial charge >= 0.3 is 0 Å². The number of carbonyl (C=O) groups is 3. The van der Waals surface area contributed by atoms with Gasteiger partial charge in [0, 0.05) is 24.7 Å².